The summed E-state index contributed by atoms with van der Waals surface area (Å²) in [6, 6.07) is 7.20. The van der Waals surface area contributed by atoms with E-state index in [-0.39, 0.29) is 6.54 Å². The highest BCUT2D eigenvalue weighted by Crippen LogP contribution is 2.03. The summed E-state index contributed by atoms with van der Waals surface area (Å²) in [7, 11) is 0. The van der Waals surface area contributed by atoms with Crippen LogP contribution in [-0.4, -0.2) is 35.6 Å². The number of carbonyl (C=O) groups excluding carboxylic acids is 2. The highest BCUT2D eigenvalue weighted by molar-refractivity contribution is 5.92. The van der Waals surface area contributed by atoms with Crippen molar-refractivity contribution in [2.45, 2.75) is 13.0 Å². The van der Waals surface area contributed by atoms with E-state index in [2.05, 4.69) is 16.0 Å². The fourth-order valence-electron chi connectivity index (χ4n) is 1.21. The number of anilines is 1. The van der Waals surface area contributed by atoms with Crippen molar-refractivity contribution in [3.8, 4) is 0 Å². The number of hydrogen-bond acceptors (Lipinski definition) is 3. The summed E-state index contributed by atoms with van der Waals surface area (Å²) in [5.41, 5.74) is 0.597. The first-order valence-electron chi connectivity index (χ1n) is 5.61. The molecule has 1 aromatic rings. The van der Waals surface area contributed by atoms with Gasteiger partial charge in [-0.2, -0.15) is 0 Å². The van der Waals surface area contributed by atoms with Crippen molar-refractivity contribution in [2.75, 3.05) is 11.9 Å². The fraction of sp³-hybridized carbons (Fsp3) is 0.250. The predicted molar refractivity (Wildman–Crippen MR) is 68.7 cm³/mol. The second kappa shape index (κ2) is 7.00. The SMILES string of the molecule is C[C@H](NC(=O)CNC(=O)Nc1ccccc1)C(=O)O. The van der Waals surface area contributed by atoms with Gasteiger partial charge in [0.1, 0.15) is 6.04 Å². The number of benzene rings is 1. The van der Waals surface area contributed by atoms with Crippen molar-refractivity contribution in [3.63, 3.8) is 0 Å². The van der Waals surface area contributed by atoms with Crippen LogP contribution in [0.2, 0.25) is 0 Å². The van der Waals surface area contributed by atoms with Crippen LogP contribution in [0.25, 0.3) is 0 Å². The molecule has 4 N–H and O–H groups in total. The molecule has 0 heterocycles. The number of para-hydroxylation sites is 1. The Morgan fingerprint density at radius 1 is 1.21 bits per heavy atom. The predicted octanol–water partition coefficient (Wildman–Crippen LogP) is 0.397. The van der Waals surface area contributed by atoms with Gasteiger partial charge in [0.15, 0.2) is 0 Å². The number of nitrogens with one attached hydrogen (secondary N) is 3. The number of rotatable bonds is 5. The quantitative estimate of drug-likeness (QED) is 0.618. The van der Waals surface area contributed by atoms with E-state index in [4.69, 9.17) is 5.11 Å². The van der Waals surface area contributed by atoms with E-state index in [9.17, 15) is 14.4 Å². The Balaban J connectivity index is 2.30. The molecular formula is C12H15N3O4. The molecule has 0 saturated heterocycles. The lowest BCUT2D eigenvalue weighted by atomic mass is 10.3. The molecule has 0 spiro atoms. The standard InChI is InChI=1S/C12H15N3O4/c1-8(11(17)18)14-10(16)7-13-12(19)15-9-5-3-2-4-6-9/h2-6,8H,7H2,1H3,(H,14,16)(H,17,18)(H2,13,15,19)/t8-/m0/s1. The van der Waals surface area contributed by atoms with Crippen LogP contribution < -0.4 is 16.0 Å². The lowest BCUT2D eigenvalue weighted by Gasteiger charge is -2.10. The Morgan fingerprint density at radius 3 is 2.42 bits per heavy atom. The molecule has 0 aliphatic rings. The molecule has 0 aliphatic carbocycles. The van der Waals surface area contributed by atoms with Crippen molar-refractivity contribution in [3.05, 3.63) is 30.3 Å². The third-order valence-corrected chi connectivity index (χ3v) is 2.19. The zero-order valence-corrected chi connectivity index (χ0v) is 10.3. The van der Waals surface area contributed by atoms with E-state index in [1.54, 1.807) is 24.3 Å². The second-order valence-corrected chi connectivity index (χ2v) is 3.80. The van der Waals surface area contributed by atoms with Gasteiger partial charge >= 0.3 is 12.0 Å². The van der Waals surface area contributed by atoms with E-state index in [0.29, 0.717) is 5.69 Å². The van der Waals surface area contributed by atoms with Crippen LogP contribution in [0.3, 0.4) is 0 Å². The van der Waals surface area contributed by atoms with Gasteiger partial charge in [-0.25, -0.2) is 4.79 Å². The van der Waals surface area contributed by atoms with Gasteiger partial charge in [0, 0.05) is 5.69 Å². The smallest absolute Gasteiger partial charge is 0.325 e. The van der Waals surface area contributed by atoms with Gasteiger partial charge in [0.2, 0.25) is 5.91 Å². The molecule has 0 fully saturated rings. The number of aliphatic carboxylic acids is 1. The molecule has 102 valence electrons. The Labute approximate surface area is 110 Å². The fourth-order valence-corrected chi connectivity index (χ4v) is 1.21. The van der Waals surface area contributed by atoms with Crippen molar-refractivity contribution in [1.82, 2.24) is 10.6 Å². The minimum absolute atomic E-state index is 0.295. The zero-order chi connectivity index (χ0) is 14.3. The monoisotopic (exact) mass is 265 g/mol. The number of urea groups is 1. The molecule has 1 rings (SSSR count). The molecule has 0 bridgehead atoms. The first-order valence-corrected chi connectivity index (χ1v) is 5.61. The highest BCUT2D eigenvalue weighted by Gasteiger charge is 2.14. The molecule has 0 saturated carbocycles. The van der Waals surface area contributed by atoms with Gasteiger partial charge in [-0.3, -0.25) is 9.59 Å². The third kappa shape index (κ3) is 5.53. The Kier molecular flexibility index (Phi) is 5.34. The largest absolute Gasteiger partial charge is 0.480 e. The number of carboxylic acid groups (broad SMARTS) is 1. The van der Waals surface area contributed by atoms with Crippen LogP contribution >= 0.6 is 0 Å². The Bertz CT molecular complexity index is 461. The van der Waals surface area contributed by atoms with E-state index in [0.717, 1.165) is 0 Å². The number of amides is 3. The van der Waals surface area contributed by atoms with Gasteiger partial charge in [-0.1, -0.05) is 18.2 Å². The van der Waals surface area contributed by atoms with Gasteiger partial charge in [-0.15, -0.1) is 0 Å². The minimum atomic E-state index is -1.14. The average molecular weight is 265 g/mol. The van der Waals surface area contributed by atoms with Gasteiger partial charge in [0.25, 0.3) is 0 Å². The summed E-state index contributed by atoms with van der Waals surface area (Å²) in [4.78, 5) is 33.2. The summed E-state index contributed by atoms with van der Waals surface area (Å²) < 4.78 is 0. The Morgan fingerprint density at radius 2 is 1.84 bits per heavy atom. The first-order chi connectivity index (χ1) is 8.99. The van der Waals surface area contributed by atoms with Crippen LogP contribution in [0.1, 0.15) is 6.92 Å². The molecule has 7 nitrogen and oxygen atoms in total. The minimum Gasteiger partial charge on any atom is -0.480 e. The molecule has 0 unspecified atom stereocenters. The molecule has 0 aromatic heterocycles. The van der Waals surface area contributed by atoms with Crippen LogP contribution in [0.4, 0.5) is 10.5 Å². The van der Waals surface area contributed by atoms with E-state index >= 15 is 0 Å². The maximum Gasteiger partial charge on any atom is 0.325 e. The third-order valence-electron chi connectivity index (χ3n) is 2.19. The van der Waals surface area contributed by atoms with Crippen molar-refractivity contribution in [1.29, 1.82) is 0 Å². The summed E-state index contributed by atoms with van der Waals surface area (Å²) in [5.74, 6) is -1.71. The number of carbonyl (C=O) groups is 3. The molecule has 19 heavy (non-hydrogen) atoms. The number of hydrogen-bond donors (Lipinski definition) is 4. The van der Waals surface area contributed by atoms with Crippen molar-refractivity contribution < 1.29 is 19.5 Å². The molecule has 1 atom stereocenters. The summed E-state index contributed by atoms with van der Waals surface area (Å²) in [5, 5.41) is 15.7. The zero-order valence-electron chi connectivity index (χ0n) is 10.3. The van der Waals surface area contributed by atoms with E-state index < -0.39 is 23.9 Å². The van der Waals surface area contributed by atoms with Gasteiger partial charge in [-0.05, 0) is 19.1 Å². The average Bonchev–Trinajstić information content (AvgIpc) is 2.37. The summed E-state index contributed by atoms with van der Waals surface area (Å²) in [6.45, 7) is 1.04. The molecule has 0 aliphatic heterocycles. The van der Waals surface area contributed by atoms with Crippen LogP contribution in [-0.2, 0) is 9.59 Å². The Hall–Kier alpha value is -2.57. The van der Waals surface area contributed by atoms with Crippen LogP contribution in [0, 0.1) is 0 Å². The number of carboxylic acids is 1. The lowest BCUT2D eigenvalue weighted by Crippen LogP contribution is -2.44. The van der Waals surface area contributed by atoms with E-state index in [1.807, 2.05) is 6.07 Å². The van der Waals surface area contributed by atoms with Crippen molar-refractivity contribution >= 4 is 23.6 Å². The maximum absolute atomic E-state index is 11.4. The molecule has 1 aromatic carbocycles. The summed E-state index contributed by atoms with van der Waals surface area (Å²) >= 11 is 0. The normalized spacial score (nSPS) is 11.2. The molecule has 0 radical (unpaired) electrons. The van der Waals surface area contributed by atoms with Crippen LogP contribution in [0.15, 0.2) is 30.3 Å². The van der Waals surface area contributed by atoms with Crippen LogP contribution in [0.5, 0.6) is 0 Å². The topological polar surface area (TPSA) is 108 Å². The van der Waals surface area contributed by atoms with Gasteiger partial charge < -0.3 is 21.1 Å². The lowest BCUT2D eigenvalue weighted by molar-refractivity contribution is -0.141. The molecule has 7 heteroatoms. The molecule has 3 amide bonds. The summed E-state index contributed by atoms with van der Waals surface area (Å²) in [6.07, 6.45) is 0. The molecular weight excluding hydrogens is 250 g/mol. The maximum atomic E-state index is 11.4. The highest BCUT2D eigenvalue weighted by atomic mass is 16.4. The second-order valence-electron chi connectivity index (χ2n) is 3.80. The van der Waals surface area contributed by atoms with Crippen molar-refractivity contribution in [2.24, 2.45) is 0 Å². The van der Waals surface area contributed by atoms with Gasteiger partial charge in [0.05, 0.1) is 6.54 Å². The first kappa shape index (κ1) is 14.5. The van der Waals surface area contributed by atoms with E-state index in [1.165, 1.54) is 6.92 Å².